The van der Waals surface area contributed by atoms with Crippen molar-refractivity contribution in [2.45, 2.75) is 6.54 Å². The van der Waals surface area contributed by atoms with Crippen molar-refractivity contribution < 1.29 is 0 Å². The van der Waals surface area contributed by atoms with Gasteiger partial charge in [-0.3, -0.25) is 9.98 Å². The smallest absolute Gasteiger partial charge is 0.126 e. The van der Waals surface area contributed by atoms with E-state index in [0.717, 1.165) is 11.1 Å². The van der Waals surface area contributed by atoms with Gasteiger partial charge in [-0.05, 0) is 17.7 Å². The number of hydrogen-bond acceptors (Lipinski definition) is 2. The van der Waals surface area contributed by atoms with E-state index in [4.69, 9.17) is 5.73 Å². The minimum absolute atomic E-state index is 0.547. The first-order valence-electron chi connectivity index (χ1n) is 5.10. The lowest BCUT2D eigenvalue weighted by atomic mass is 10.2. The molecule has 0 unspecified atom stereocenters. The molecular formula is C13H13N3. The third-order valence-corrected chi connectivity index (χ3v) is 2.25. The zero-order chi connectivity index (χ0) is 11.2. The number of benzene rings is 1. The Morgan fingerprint density at radius 1 is 1.06 bits per heavy atom. The second kappa shape index (κ2) is 5.07. The minimum atomic E-state index is 0.547. The number of aromatic nitrogens is 1. The first-order chi connectivity index (χ1) is 7.86. The molecular weight excluding hydrogens is 198 g/mol. The first-order valence-corrected chi connectivity index (χ1v) is 5.10. The number of nitrogens with two attached hydrogens (primary N) is 1. The predicted octanol–water partition coefficient (Wildman–Crippen LogP) is 1.99. The van der Waals surface area contributed by atoms with Crippen LogP contribution in [0.5, 0.6) is 0 Å². The molecule has 0 aliphatic rings. The van der Waals surface area contributed by atoms with Gasteiger partial charge >= 0.3 is 0 Å². The number of pyridine rings is 1. The molecule has 0 fully saturated rings. The molecule has 0 saturated heterocycles. The molecule has 2 aromatic rings. The molecule has 3 heteroatoms. The van der Waals surface area contributed by atoms with Crippen molar-refractivity contribution >= 4 is 5.84 Å². The maximum absolute atomic E-state index is 5.87. The van der Waals surface area contributed by atoms with E-state index in [1.54, 1.807) is 12.4 Å². The van der Waals surface area contributed by atoms with Gasteiger partial charge in [0, 0.05) is 18.0 Å². The molecule has 16 heavy (non-hydrogen) atoms. The summed E-state index contributed by atoms with van der Waals surface area (Å²) in [5.74, 6) is 0.547. The van der Waals surface area contributed by atoms with Crippen LogP contribution in [-0.2, 0) is 6.54 Å². The third kappa shape index (κ3) is 2.67. The van der Waals surface area contributed by atoms with Crippen LogP contribution in [0, 0.1) is 0 Å². The summed E-state index contributed by atoms with van der Waals surface area (Å²) >= 11 is 0. The topological polar surface area (TPSA) is 51.3 Å². The Morgan fingerprint density at radius 2 is 1.75 bits per heavy atom. The molecule has 1 aromatic heterocycles. The molecule has 0 radical (unpaired) electrons. The summed E-state index contributed by atoms with van der Waals surface area (Å²) in [5, 5.41) is 0. The fourth-order valence-electron chi connectivity index (χ4n) is 1.37. The Balaban J connectivity index is 2.09. The molecule has 0 spiro atoms. The Kier molecular flexibility index (Phi) is 3.28. The zero-order valence-corrected chi connectivity index (χ0v) is 8.88. The summed E-state index contributed by atoms with van der Waals surface area (Å²) < 4.78 is 0. The molecule has 0 saturated carbocycles. The summed E-state index contributed by atoms with van der Waals surface area (Å²) in [5.41, 5.74) is 7.93. The SMILES string of the molecule is NC(=NCc1ccccc1)c1ccncc1. The number of amidine groups is 1. The Hall–Kier alpha value is -2.16. The molecule has 1 aromatic carbocycles. The third-order valence-electron chi connectivity index (χ3n) is 2.25. The van der Waals surface area contributed by atoms with Gasteiger partial charge in [0.1, 0.15) is 5.84 Å². The quantitative estimate of drug-likeness (QED) is 0.623. The highest BCUT2D eigenvalue weighted by atomic mass is 14.8. The van der Waals surface area contributed by atoms with Crippen LogP contribution in [0.15, 0.2) is 59.9 Å². The van der Waals surface area contributed by atoms with Gasteiger partial charge in [0.25, 0.3) is 0 Å². The Labute approximate surface area is 94.7 Å². The van der Waals surface area contributed by atoms with Gasteiger partial charge < -0.3 is 5.73 Å². The highest BCUT2D eigenvalue weighted by Crippen LogP contribution is 2.02. The molecule has 1 heterocycles. The van der Waals surface area contributed by atoms with Crippen molar-refractivity contribution in [2.24, 2.45) is 10.7 Å². The minimum Gasteiger partial charge on any atom is -0.383 e. The van der Waals surface area contributed by atoms with E-state index < -0.39 is 0 Å². The molecule has 0 aliphatic heterocycles. The summed E-state index contributed by atoms with van der Waals surface area (Å²) in [4.78, 5) is 8.27. The van der Waals surface area contributed by atoms with E-state index >= 15 is 0 Å². The fraction of sp³-hybridized carbons (Fsp3) is 0.0769. The van der Waals surface area contributed by atoms with Crippen LogP contribution in [0.3, 0.4) is 0 Å². The van der Waals surface area contributed by atoms with Crippen molar-refractivity contribution in [3.8, 4) is 0 Å². The van der Waals surface area contributed by atoms with Gasteiger partial charge in [-0.25, -0.2) is 0 Å². The van der Waals surface area contributed by atoms with E-state index in [0.29, 0.717) is 12.4 Å². The highest BCUT2D eigenvalue weighted by molar-refractivity contribution is 5.97. The summed E-state index contributed by atoms with van der Waals surface area (Å²) in [7, 11) is 0. The van der Waals surface area contributed by atoms with E-state index in [1.165, 1.54) is 0 Å². The second-order valence-electron chi connectivity index (χ2n) is 3.42. The van der Waals surface area contributed by atoms with Gasteiger partial charge in [0.15, 0.2) is 0 Å². The van der Waals surface area contributed by atoms with Gasteiger partial charge in [0.05, 0.1) is 6.54 Å². The first kappa shape index (κ1) is 10.4. The van der Waals surface area contributed by atoms with Gasteiger partial charge in [0.2, 0.25) is 0 Å². The lowest BCUT2D eigenvalue weighted by Gasteiger charge is -2.00. The fourth-order valence-corrected chi connectivity index (χ4v) is 1.37. The zero-order valence-electron chi connectivity index (χ0n) is 8.88. The number of rotatable bonds is 3. The van der Waals surface area contributed by atoms with E-state index in [9.17, 15) is 0 Å². The van der Waals surface area contributed by atoms with Gasteiger partial charge in [-0.2, -0.15) is 0 Å². The van der Waals surface area contributed by atoms with Crippen LogP contribution in [0.1, 0.15) is 11.1 Å². The molecule has 2 rings (SSSR count). The van der Waals surface area contributed by atoms with E-state index in [1.807, 2.05) is 42.5 Å². The number of aliphatic imine (C=N–C) groups is 1. The average Bonchev–Trinajstić information content (AvgIpc) is 2.38. The van der Waals surface area contributed by atoms with Crippen LogP contribution >= 0.6 is 0 Å². The summed E-state index contributed by atoms with van der Waals surface area (Å²) in [6.45, 7) is 0.606. The average molecular weight is 211 g/mol. The number of nitrogens with zero attached hydrogens (tertiary/aromatic N) is 2. The maximum atomic E-state index is 5.87. The van der Waals surface area contributed by atoms with Crippen molar-refractivity contribution in [3.05, 3.63) is 66.0 Å². The van der Waals surface area contributed by atoms with Crippen LogP contribution < -0.4 is 5.73 Å². The lowest BCUT2D eigenvalue weighted by Crippen LogP contribution is -2.13. The van der Waals surface area contributed by atoms with Gasteiger partial charge in [-0.1, -0.05) is 30.3 Å². The number of hydrogen-bond donors (Lipinski definition) is 1. The molecule has 3 nitrogen and oxygen atoms in total. The van der Waals surface area contributed by atoms with Crippen molar-refractivity contribution in [1.82, 2.24) is 4.98 Å². The van der Waals surface area contributed by atoms with Crippen molar-refractivity contribution in [1.29, 1.82) is 0 Å². The largest absolute Gasteiger partial charge is 0.383 e. The Bertz CT molecular complexity index is 463. The molecule has 0 atom stereocenters. The van der Waals surface area contributed by atoms with Gasteiger partial charge in [-0.15, -0.1) is 0 Å². The summed E-state index contributed by atoms with van der Waals surface area (Å²) in [6, 6.07) is 13.7. The molecule has 0 bridgehead atoms. The molecule has 80 valence electrons. The normalized spacial score (nSPS) is 11.4. The summed E-state index contributed by atoms with van der Waals surface area (Å²) in [6.07, 6.45) is 3.42. The van der Waals surface area contributed by atoms with E-state index in [2.05, 4.69) is 9.98 Å². The second-order valence-corrected chi connectivity index (χ2v) is 3.42. The Morgan fingerprint density at radius 3 is 2.44 bits per heavy atom. The van der Waals surface area contributed by atoms with Crippen LogP contribution in [0.25, 0.3) is 0 Å². The molecule has 0 aliphatic carbocycles. The lowest BCUT2D eigenvalue weighted by molar-refractivity contribution is 1.06. The monoisotopic (exact) mass is 211 g/mol. The standard InChI is InChI=1S/C13H13N3/c14-13(12-6-8-15-9-7-12)16-10-11-4-2-1-3-5-11/h1-9H,10H2,(H2,14,16). The van der Waals surface area contributed by atoms with Crippen molar-refractivity contribution in [3.63, 3.8) is 0 Å². The van der Waals surface area contributed by atoms with Crippen LogP contribution in [0.4, 0.5) is 0 Å². The van der Waals surface area contributed by atoms with Crippen LogP contribution in [-0.4, -0.2) is 10.8 Å². The van der Waals surface area contributed by atoms with Crippen LogP contribution in [0.2, 0.25) is 0 Å². The molecule has 0 amide bonds. The highest BCUT2D eigenvalue weighted by Gasteiger charge is 1.96. The predicted molar refractivity (Wildman–Crippen MR) is 65.1 cm³/mol. The molecule has 2 N–H and O–H groups in total. The van der Waals surface area contributed by atoms with Crippen molar-refractivity contribution in [2.75, 3.05) is 0 Å². The van der Waals surface area contributed by atoms with E-state index in [-0.39, 0.29) is 0 Å². The maximum Gasteiger partial charge on any atom is 0.126 e.